The van der Waals surface area contributed by atoms with Gasteiger partial charge in [0.1, 0.15) is 5.52 Å². The molecule has 8 heteroatoms. The van der Waals surface area contributed by atoms with Crippen LogP contribution in [0.5, 0.6) is 0 Å². The van der Waals surface area contributed by atoms with Crippen LogP contribution in [0.15, 0.2) is 17.2 Å². The highest BCUT2D eigenvalue weighted by molar-refractivity contribution is 7.90. The largest absolute Gasteiger partial charge is 0.333 e. The van der Waals surface area contributed by atoms with Crippen molar-refractivity contribution in [3.8, 4) is 0 Å². The second-order valence-corrected chi connectivity index (χ2v) is 6.01. The number of rotatable bonds is 2. The number of fused-ring (bicyclic) bond motifs is 1. The van der Waals surface area contributed by atoms with Gasteiger partial charge in [-0.1, -0.05) is 6.07 Å². The molecule has 2 heterocycles. The van der Waals surface area contributed by atoms with Crippen LogP contribution in [0.2, 0.25) is 0 Å². The van der Waals surface area contributed by atoms with E-state index in [0.29, 0.717) is 5.69 Å². The Labute approximate surface area is 103 Å². The SMILES string of the molecule is Cc1ccc2c([N+](=O)[O-])c(S(C)(=O)=O)nn2c1C. The van der Waals surface area contributed by atoms with Crippen molar-refractivity contribution in [1.82, 2.24) is 9.61 Å². The van der Waals surface area contributed by atoms with Crippen LogP contribution in [0.3, 0.4) is 0 Å². The van der Waals surface area contributed by atoms with E-state index < -0.39 is 25.5 Å². The van der Waals surface area contributed by atoms with Gasteiger partial charge in [-0.2, -0.15) is 0 Å². The molecule has 18 heavy (non-hydrogen) atoms. The van der Waals surface area contributed by atoms with Crippen LogP contribution >= 0.6 is 0 Å². The molecule has 0 fully saturated rings. The Morgan fingerprint density at radius 1 is 1.33 bits per heavy atom. The second-order valence-electron chi connectivity index (χ2n) is 4.08. The molecular weight excluding hydrogens is 258 g/mol. The van der Waals surface area contributed by atoms with Gasteiger partial charge in [0.15, 0.2) is 0 Å². The predicted molar refractivity (Wildman–Crippen MR) is 64.4 cm³/mol. The van der Waals surface area contributed by atoms with Gasteiger partial charge in [0.05, 0.1) is 4.92 Å². The molecular formula is C10H11N3O4S. The first-order valence-corrected chi connectivity index (χ1v) is 6.96. The molecule has 0 aliphatic carbocycles. The number of hydrogen-bond acceptors (Lipinski definition) is 5. The number of aryl methyl sites for hydroxylation is 2. The van der Waals surface area contributed by atoms with Crippen molar-refractivity contribution in [2.24, 2.45) is 0 Å². The first-order valence-electron chi connectivity index (χ1n) is 5.07. The van der Waals surface area contributed by atoms with Crippen LogP contribution in [0, 0.1) is 24.0 Å². The van der Waals surface area contributed by atoms with Gasteiger partial charge in [-0.25, -0.2) is 12.9 Å². The summed E-state index contributed by atoms with van der Waals surface area (Å²) in [6.45, 7) is 3.55. The minimum absolute atomic E-state index is 0.184. The maximum atomic E-state index is 11.5. The highest BCUT2D eigenvalue weighted by atomic mass is 32.2. The summed E-state index contributed by atoms with van der Waals surface area (Å²) in [6, 6.07) is 3.20. The van der Waals surface area contributed by atoms with E-state index in [-0.39, 0.29) is 5.52 Å². The van der Waals surface area contributed by atoms with E-state index in [1.165, 1.54) is 10.6 Å². The van der Waals surface area contributed by atoms with Gasteiger partial charge in [0.25, 0.3) is 5.03 Å². The third kappa shape index (κ3) is 1.74. The zero-order valence-corrected chi connectivity index (χ0v) is 10.9. The van der Waals surface area contributed by atoms with E-state index in [4.69, 9.17) is 0 Å². The van der Waals surface area contributed by atoms with Gasteiger partial charge >= 0.3 is 5.69 Å². The Morgan fingerprint density at radius 2 is 1.94 bits per heavy atom. The standard InChI is InChI=1S/C10H11N3O4S/c1-6-4-5-8-9(13(14)15)10(18(3,16)17)11-12(8)7(6)2/h4-5H,1-3H3. The molecule has 0 bridgehead atoms. The van der Waals surface area contributed by atoms with Gasteiger partial charge < -0.3 is 0 Å². The van der Waals surface area contributed by atoms with Crippen molar-refractivity contribution in [3.05, 3.63) is 33.5 Å². The first-order chi connectivity index (χ1) is 8.23. The maximum absolute atomic E-state index is 11.5. The Kier molecular flexibility index (Phi) is 2.62. The number of sulfone groups is 1. The lowest BCUT2D eigenvalue weighted by Crippen LogP contribution is -2.02. The summed E-state index contributed by atoms with van der Waals surface area (Å²) >= 11 is 0. The van der Waals surface area contributed by atoms with E-state index in [1.54, 1.807) is 13.0 Å². The Morgan fingerprint density at radius 3 is 2.44 bits per heavy atom. The molecule has 2 aromatic heterocycles. The van der Waals surface area contributed by atoms with Gasteiger partial charge in [-0.05, 0) is 25.5 Å². The lowest BCUT2D eigenvalue weighted by atomic mass is 10.2. The van der Waals surface area contributed by atoms with E-state index in [1.807, 2.05) is 6.92 Å². The number of nitro groups is 1. The van der Waals surface area contributed by atoms with E-state index in [2.05, 4.69) is 5.10 Å². The number of nitrogens with zero attached hydrogens (tertiary/aromatic N) is 3. The van der Waals surface area contributed by atoms with Crippen molar-refractivity contribution in [2.75, 3.05) is 6.26 Å². The highest BCUT2D eigenvalue weighted by Gasteiger charge is 2.30. The van der Waals surface area contributed by atoms with Crippen LogP contribution in [-0.2, 0) is 9.84 Å². The molecule has 0 radical (unpaired) electrons. The number of pyridine rings is 1. The molecule has 0 atom stereocenters. The molecule has 0 spiro atoms. The fourth-order valence-electron chi connectivity index (χ4n) is 1.72. The van der Waals surface area contributed by atoms with Crippen molar-refractivity contribution >= 4 is 21.0 Å². The smallest absolute Gasteiger partial charge is 0.258 e. The zero-order chi connectivity index (χ0) is 13.7. The van der Waals surface area contributed by atoms with Crippen molar-refractivity contribution in [3.63, 3.8) is 0 Å². The van der Waals surface area contributed by atoms with Crippen molar-refractivity contribution in [1.29, 1.82) is 0 Å². The molecule has 0 amide bonds. The molecule has 7 nitrogen and oxygen atoms in total. The summed E-state index contributed by atoms with van der Waals surface area (Å²) in [4.78, 5) is 10.3. The lowest BCUT2D eigenvalue weighted by molar-refractivity contribution is -0.386. The quantitative estimate of drug-likeness (QED) is 0.604. The molecule has 0 aliphatic rings. The molecule has 96 valence electrons. The second kappa shape index (κ2) is 3.77. The van der Waals surface area contributed by atoms with Gasteiger partial charge in [-0.15, -0.1) is 5.10 Å². The summed E-state index contributed by atoms with van der Waals surface area (Å²) in [5.74, 6) is 0. The van der Waals surface area contributed by atoms with Gasteiger partial charge in [-0.3, -0.25) is 10.1 Å². The summed E-state index contributed by atoms with van der Waals surface area (Å²) < 4.78 is 24.4. The Bertz CT molecular complexity index is 761. The summed E-state index contributed by atoms with van der Waals surface area (Å²) in [7, 11) is -3.74. The number of hydrogen-bond donors (Lipinski definition) is 0. The Balaban J connectivity index is 3.02. The van der Waals surface area contributed by atoms with Crippen LogP contribution in [0.25, 0.3) is 5.52 Å². The molecule has 0 N–H and O–H groups in total. The fourth-order valence-corrected chi connectivity index (χ4v) is 2.48. The molecule has 0 unspecified atom stereocenters. The minimum atomic E-state index is -3.74. The minimum Gasteiger partial charge on any atom is -0.258 e. The Hall–Kier alpha value is -1.96. The molecule has 0 saturated carbocycles. The third-order valence-corrected chi connectivity index (χ3v) is 3.76. The zero-order valence-electron chi connectivity index (χ0n) is 10.0. The molecule has 0 aliphatic heterocycles. The van der Waals surface area contributed by atoms with E-state index >= 15 is 0 Å². The van der Waals surface area contributed by atoms with Gasteiger partial charge in [0.2, 0.25) is 9.84 Å². The van der Waals surface area contributed by atoms with Gasteiger partial charge in [0, 0.05) is 11.9 Å². The average molecular weight is 269 g/mol. The van der Waals surface area contributed by atoms with Crippen LogP contribution in [0.4, 0.5) is 5.69 Å². The topological polar surface area (TPSA) is 94.6 Å². The predicted octanol–water partition coefficient (Wildman–Crippen LogP) is 1.26. The molecule has 0 aromatic carbocycles. The van der Waals surface area contributed by atoms with Crippen LogP contribution in [0.1, 0.15) is 11.3 Å². The maximum Gasteiger partial charge on any atom is 0.333 e. The van der Waals surface area contributed by atoms with Crippen LogP contribution in [-0.4, -0.2) is 29.2 Å². The van der Waals surface area contributed by atoms with E-state index in [0.717, 1.165) is 11.8 Å². The lowest BCUT2D eigenvalue weighted by Gasteiger charge is -2.01. The molecule has 0 saturated heterocycles. The molecule has 2 rings (SSSR count). The van der Waals surface area contributed by atoms with E-state index in [9.17, 15) is 18.5 Å². The third-order valence-electron chi connectivity index (χ3n) is 2.78. The van der Waals surface area contributed by atoms with Crippen molar-refractivity contribution in [2.45, 2.75) is 18.9 Å². The van der Waals surface area contributed by atoms with Crippen LogP contribution < -0.4 is 0 Å². The molecule has 2 aromatic rings. The summed E-state index contributed by atoms with van der Waals surface area (Å²) in [5, 5.41) is 14.4. The highest BCUT2D eigenvalue weighted by Crippen LogP contribution is 2.29. The fraction of sp³-hybridized carbons (Fsp3) is 0.300. The van der Waals surface area contributed by atoms with Crippen molar-refractivity contribution < 1.29 is 13.3 Å². The number of aromatic nitrogens is 2. The normalized spacial score (nSPS) is 11.9. The monoisotopic (exact) mass is 269 g/mol. The summed E-state index contributed by atoms with van der Waals surface area (Å²) in [5.41, 5.74) is 1.26. The summed E-state index contributed by atoms with van der Waals surface area (Å²) in [6.07, 6.45) is 0.907. The first kappa shape index (κ1) is 12.5. The average Bonchev–Trinajstić information content (AvgIpc) is 2.63.